The molecule has 3 atom stereocenters. The molecule has 4 heteroatoms. The molecule has 1 amide bonds. The summed E-state index contributed by atoms with van der Waals surface area (Å²) in [7, 11) is 1.65. The maximum atomic E-state index is 12.2. The van der Waals surface area contributed by atoms with Crippen LogP contribution in [0.2, 0.25) is 0 Å². The van der Waals surface area contributed by atoms with Crippen LogP contribution in [0, 0.1) is 5.92 Å². The van der Waals surface area contributed by atoms with E-state index in [0.29, 0.717) is 18.6 Å². The summed E-state index contributed by atoms with van der Waals surface area (Å²) in [5, 5.41) is 6.54. The van der Waals surface area contributed by atoms with E-state index in [4.69, 9.17) is 4.74 Å². The molecular formula is C15H20N2O2. The largest absolute Gasteiger partial charge is 0.496 e. The lowest BCUT2D eigenvalue weighted by atomic mass is 9.88. The van der Waals surface area contributed by atoms with Crippen molar-refractivity contribution in [3.63, 3.8) is 0 Å². The first-order valence-corrected chi connectivity index (χ1v) is 6.93. The first kappa shape index (κ1) is 12.5. The van der Waals surface area contributed by atoms with Crippen LogP contribution in [-0.2, 0) is 11.3 Å². The number of ether oxygens (including phenoxy) is 1. The molecule has 0 saturated carbocycles. The van der Waals surface area contributed by atoms with Crippen LogP contribution in [0.5, 0.6) is 5.75 Å². The van der Waals surface area contributed by atoms with Crippen molar-refractivity contribution < 1.29 is 9.53 Å². The first-order valence-electron chi connectivity index (χ1n) is 6.93. The van der Waals surface area contributed by atoms with E-state index in [1.807, 2.05) is 24.3 Å². The van der Waals surface area contributed by atoms with Gasteiger partial charge >= 0.3 is 0 Å². The van der Waals surface area contributed by atoms with Crippen LogP contribution >= 0.6 is 0 Å². The molecule has 0 spiro atoms. The van der Waals surface area contributed by atoms with Gasteiger partial charge in [-0.05, 0) is 25.3 Å². The van der Waals surface area contributed by atoms with Crippen LogP contribution in [0.4, 0.5) is 0 Å². The van der Waals surface area contributed by atoms with Gasteiger partial charge in [-0.3, -0.25) is 4.79 Å². The molecule has 0 radical (unpaired) electrons. The predicted octanol–water partition coefficient (Wildman–Crippen LogP) is 1.45. The minimum Gasteiger partial charge on any atom is -0.496 e. The van der Waals surface area contributed by atoms with Gasteiger partial charge in [0.15, 0.2) is 0 Å². The Hall–Kier alpha value is -1.55. The predicted molar refractivity (Wildman–Crippen MR) is 72.9 cm³/mol. The number of hydrogen-bond acceptors (Lipinski definition) is 3. The fourth-order valence-electron chi connectivity index (χ4n) is 3.28. The molecule has 2 aliphatic rings. The molecule has 3 rings (SSSR count). The number of methoxy groups -OCH3 is 1. The molecule has 1 aromatic carbocycles. The van der Waals surface area contributed by atoms with Crippen LogP contribution in [0.1, 0.15) is 24.8 Å². The molecule has 1 aromatic rings. The quantitative estimate of drug-likeness (QED) is 0.861. The molecule has 2 saturated heterocycles. The Labute approximate surface area is 113 Å². The van der Waals surface area contributed by atoms with Crippen molar-refractivity contribution >= 4 is 5.91 Å². The Balaban J connectivity index is 1.59. The highest BCUT2D eigenvalue weighted by Gasteiger charge is 2.42. The molecule has 0 aliphatic carbocycles. The highest BCUT2D eigenvalue weighted by atomic mass is 16.5. The van der Waals surface area contributed by atoms with Gasteiger partial charge in [-0.2, -0.15) is 0 Å². The van der Waals surface area contributed by atoms with Crippen LogP contribution in [-0.4, -0.2) is 25.1 Å². The average Bonchev–Trinajstić information content (AvgIpc) is 3.07. The number of amides is 1. The number of nitrogens with one attached hydrogen (secondary N) is 2. The molecule has 3 unspecified atom stereocenters. The summed E-state index contributed by atoms with van der Waals surface area (Å²) in [4.78, 5) is 12.2. The molecular weight excluding hydrogens is 240 g/mol. The highest BCUT2D eigenvalue weighted by Crippen LogP contribution is 2.33. The fraction of sp³-hybridized carbons (Fsp3) is 0.533. The minimum atomic E-state index is 0.147. The van der Waals surface area contributed by atoms with Gasteiger partial charge in [-0.1, -0.05) is 18.2 Å². The van der Waals surface area contributed by atoms with Gasteiger partial charge in [-0.15, -0.1) is 0 Å². The zero-order valence-corrected chi connectivity index (χ0v) is 11.2. The van der Waals surface area contributed by atoms with Crippen LogP contribution in [0.15, 0.2) is 24.3 Å². The van der Waals surface area contributed by atoms with Gasteiger partial charge < -0.3 is 15.4 Å². The van der Waals surface area contributed by atoms with E-state index < -0.39 is 0 Å². The molecule has 2 N–H and O–H groups in total. The van der Waals surface area contributed by atoms with Crippen molar-refractivity contribution in [2.45, 2.75) is 37.9 Å². The molecule has 19 heavy (non-hydrogen) atoms. The Morgan fingerprint density at radius 3 is 2.95 bits per heavy atom. The van der Waals surface area contributed by atoms with E-state index in [1.54, 1.807) is 7.11 Å². The maximum absolute atomic E-state index is 12.2. The maximum Gasteiger partial charge on any atom is 0.225 e. The van der Waals surface area contributed by atoms with Gasteiger partial charge in [0.1, 0.15) is 5.75 Å². The van der Waals surface area contributed by atoms with E-state index in [1.165, 1.54) is 6.42 Å². The lowest BCUT2D eigenvalue weighted by molar-refractivity contribution is -0.125. The van der Waals surface area contributed by atoms with Crippen molar-refractivity contribution in [2.75, 3.05) is 7.11 Å². The number of rotatable bonds is 4. The van der Waals surface area contributed by atoms with Crippen molar-refractivity contribution in [1.29, 1.82) is 0 Å². The molecule has 2 bridgehead atoms. The van der Waals surface area contributed by atoms with Crippen molar-refractivity contribution in [3.8, 4) is 5.75 Å². The van der Waals surface area contributed by atoms with E-state index in [-0.39, 0.29) is 11.8 Å². The standard InChI is InChI=1S/C15H20N2O2/c1-19-14-5-3-2-4-10(14)9-16-15(18)12-8-11-6-7-13(12)17-11/h2-5,11-13,17H,6-9H2,1H3,(H,16,18). The summed E-state index contributed by atoms with van der Waals surface area (Å²) < 4.78 is 5.29. The van der Waals surface area contributed by atoms with E-state index in [0.717, 1.165) is 24.2 Å². The lowest BCUT2D eigenvalue weighted by Crippen LogP contribution is -2.37. The summed E-state index contributed by atoms with van der Waals surface area (Å²) in [5.41, 5.74) is 1.02. The monoisotopic (exact) mass is 260 g/mol. The van der Waals surface area contributed by atoms with E-state index in [2.05, 4.69) is 10.6 Å². The second-order valence-corrected chi connectivity index (χ2v) is 5.42. The molecule has 2 fully saturated rings. The third-order valence-corrected chi connectivity index (χ3v) is 4.28. The van der Waals surface area contributed by atoms with Crippen molar-refractivity contribution in [2.24, 2.45) is 5.92 Å². The normalized spacial score (nSPS) is 28.4. The van der Waals surface area contributed by atoms with Gasteiger partial charge in [0.05, 0.1) is 13.0 Å². The van der Waals surface area contributed by atoms with Crippen molar-refractivity contribution in [3.05, 3.63) is 29.8 Å². The fourth-order valence-corrected chi connectivity index (χ4v) is 3.28. The molecule has 102 valence electrons. The van der Waals surface area contributed by atoms with E-state index in [9.17, 15) is 4.79 Å². The third kappa shape index (κ3) is 2.45. The second-order valence-electron chi connectivity index (χ2n) is 5.42. The lowest BCUT2D eigenvalue weighted by Gasteiger charge is -2.19. The Morgan fingerprint density at radius 1 is 1.42 bits per heavy atom. The van der Waals surface area contributed by atoms with E-state index >= 15 is 0 Å². The number of hydrogen-bond donors (Lipinski definition) is 2. The molecule has 2 aliphatic heterocycles. The number of para-hydroxylation sites is 1. The van der Waals surface area contributed by atoms with Gasteiger partial charge in [-0.25, -0.2) is 0 Å². The minimum absolute atomic E-state index is 0.147. The summed E-state index contributed by atoms with van der Waals surface area (Å²) in [5.74, 6) is 1.15. The number of benzene rings is 1. The smallest absolute Gasteiger partial charge is 0.225 e. The van der Waals surface area contributed by atoms with Gasteiger partial charge in [0, 0.05) is 24.2 Å². The zero-order valence-electron chi connectivity index (χ0n) is 11.2. The van der Waals surface area contributed by atoms with Crippen LogP contribution < -0.4 is 15.4 Å². The molecule has 2 heterocycles. The second kappa shape index (κ2) is 5.21. The van der Waals surface area contributed by atoms with Gasteiger partial charge in [0.25, 0.3) is 0 Å². The highest BCUT2D eigenvalue weighted by molar-refractivity contribution is 5.80. The summed E-state index contributed by atoms with van der Waals surface area (Å²) >= 11 is 0. The Morgan fingerprint density at radius 2 is 2.26 bits per heavy atom. The molecule has 4 nitrogen and oxygen atoms in total. The Bertz CT molecular complexity index is 475. The number of fused-ring (bicyclic) bond motifs is 2. The Kier molecular flexibility index (Phi) is 3.42. The van der Waals surface area contributed by atoms with Crippen LogP contribution in [0.3, 0.4) is 0 Å². The first-order chi connectivity index (χ1) is 9.28. The summed E-state index contributed by atoms with van der Waals surface area (Å²) in [6.07, 6.45) is 3.35. The summed E-state index contributed by atoms with van der Waals surface area (Å²) in [6, 6.07) is 8.75. The summed E-state index contributed by atoms with van der Waals surface area (Å²) in [6.45, 7) is 0.538. The third-order valence-electron chi connectivity index (χ3n) is 4.28. The number of carbonyl (C=O) groups excluding carboxylic acids is 1. The number of carbonyl (C=O) groups is 1. The SMILES string of the molecule is COc1ccccc1CNC(=O)C1CC2CCC1N2. The average molecular weight is 260 g/mol. The topological polar surface area (TPSA) is 50.4 Å². The van der Waals surface area contributed by atoms with Crippen LogP contribution in [0.25, 0.3) is 0 Å². The van der Waals surface area contributed by atoms with Crippen molar-refractivity contribution in [1.82, 2.24) is 10.6 Å². The zero-order chi connectivity index (χ0) is 13.2. The van der Waals surface area contributed by atoms with Gasteiger partial charge in [0.2, 0.25) is 5.91 Å². The molecule has 0 aromatic heterocycles.